The van der Waals surface area contributed by atoms with Crippen LogP contribution in [-0.4, -0.2) is 12.1 Å². The van der Waals surface area contributed by atoms with Gasteiger partial charge in [-0.1, -0.05) is 44.4 Å². The molecular weight excluding hydrogens is 310 g/mol. The Hall–Kier alpha value is -2.08. The Bertz CT molecular complexity index is 589. The van der Waals surface area contributed by atoms with Crippen molar-refractivity contribution in [3.8, 4) is 6.07 Å². The van der Waals surface area contributed by atoms with Gasteiger partial charge in [0.05, 0.1) is 11.6 Å². The summed E-state index contributed by atoms with van der Waals surface area (Å²) in [4.78, 5) is 12.3. The number of nitrogens with zero attached hydrogens (tertiary/aromatic N) is 1. The molecule has 1 aromatic carbocycles. The molecule has 0 aromatic heterocycles. The topological polar surface area (TPSA) is 50.1 Å². The van der Waals surface area contributed by atoms with Crippen molar-refractivity contribution >= 4 is 5.97 Å². The van der Waals surface area contributed by atoms with E-state index in [1.165, 1.54) is 31.2 Å². The smallest absolute Gasteiger partial charge is 0.338 e. The summed E-state index contributed by atoms with van der Waals surface area (Å²) in [6, 6.07) is 9.91. The van der Waals surface area contributed by atoms with Gasteiger partial charge in [-0.25, -0.2) is 4.79 Å². The van der Waals surface area contributed by atoms with Gasteiger partial charge in [0.25, 0.3) is 0 Å². The van der Waals surface area contributed by atoms with Crippen LogP contribution in [0.3, 0.4) is 0 Å². The molecule has 0 amide bonds. The number of aryl methyl sites for hydroxylation is 1. The van der Waals surface area contributed by atoms with Crippen LogP contribution in [0.4, 0.5) is 0 Å². The van der Waals surface area contributed by atoms with Gasteiger partial charge >= 0.3 is 5.97 Å². The predicted molar refractivity (Wildman–Crippen MR) is 100 cm³/mol. The zero-order valence-corrected chi connectivity index (χ0v) is 15.2. The van der Waals surface area contributed by atoms with Gasteiger partial charge in [0, 0.05) is 6.08 Å². The second kappa shape index (κ2) is 10.7. The monoisotopic (exact) mass is 339 g/mol. The Kier molecular flexibility index (Phi) is 8.25. The molecule has 1 fully saturated rings. The summed E-state index contributed by atoms with van der Waals surface area (Å²) in [6.45, 7) is 2.22. The summed E-state index contributed by atoms with van der Waals surface area (Å²) in [5.41, 5.74) is 1.93. The lowest BCUT2D eigenvalue weighted by Gasteiger charge is -2.26. The lowest BCUT2D eigenvalue weighted by molar-refractivity contribution is 0.0185. The number of carbonyl (C=O) groups excluding carboxylic acids is 1. The Balaban J connectivity index is 1.76. The predicted octanol–water partition coefficient (Wildman–Crippen LogP) is 5.60. The fourth-order valence-electron chi connectivity index (χ4n) is 3.36. The highest BCUT2D eigenvalue weighted by molar-refractivity contribution is 5.89. The average Bonchev–Trinajstić information content (AvgIpc) is 2.65. The fourth-order valence-corrected chi connectivity index (χ4v) is 3.36. The van der Waals surface area contributed by atoms with E-state index in [4.69, 9.17) is 10.00 Å². The summed E-state index contributed by atoms with van der Waals surface area (Å²) in [7, 11) is 0. The molecule has 2 rings (SSSR count). The molecule has 25 heavy (non-hydrogen) atoms. The first-order chi connectivity index (χ1) is 12.2. The number of benzene rings is 1. The van der Waals surface area contributed by atoms with E-state index >= 15 is 0 Å². The maximum atomic E-state index is 12.3. The van der Waals surface area contributed by atoms with Crippen LogP contribution in [0.25, 0.3) is 0 Å². The summed E-state index contributed by atoms with van der Waals surface area (Å²) >= 11 is 0. The largest absolute Gasteiger partial charge is 0.459 e. The van der Waals surface area contributed by atoms with E-state index in [9.17, 15) is 4.79 Å². The molecule has 0 atom stereocenters. The number of unbranched alkanes of at least 4 members (excludes halogenated alkanes) is 3. The molecular formula is C22H29NO2. The van der Waals surface area contributed by atoms with Gasteiger partial charge in [-0.2, -0.15) is 5.26 Å². The van der Waals surface area contributed by atoms with Gasteiger partial charge in [-0.05, 0) is 62.1 Å². The van der Waals surface area contributed by atoms with Gasteiger partial charge < -0.3 is 4.74 Å². The van der Waals surface area contributed by atoms with Crippen molar-refractivity contribution in [1.29, 1.82) is 5.26 Å². The van der Waals surface area contributed by atoms with Crippen LogP contribution in [0.1, 0.15) is 74.2 Å². The molecule has 0 unspecified atom stereocenters. The van der Waals surface area contributed by atoms with Gasteiger partial charge in [0.15, 0.2) is 0 Å². The maximum Gasteiger partial charge on any atom is 0.338 e. The van der Waals surface area contributed by atoms with Crippen molar-refractivity contribution in [2.75, 3.05) is 0 Å². The van der Waals surface area contributed by atoms with E-state index in [2.05, 4.69) is 6.92 Å². The van der Waals surface area contributed by atoms with Crippen LogP contribution in [0.2, 0.25) is 0 Å². The minimum absolute atomic E-state index is 0.00737. The number of hydrogen-bond donors (Lipinski definition) is 0. The first-order valence-electron chi connectivity index (χ1n) is 9.59. The van der Waals surface area contributed by atoms with Crippen LogP contribution >= 0.6 is 0 Å². The van der Waals surface area contributed by atoms with Crippen LogP contribution in [0.5, 0.6) is 0 Å². The summed E-state index contributed by atoms with van der Waals surface area (Å²) in [5, 5.41) is 8.58. The van der Waals surface area contributed by atoms with E-state index < -0.39 is 0 Å². The molecule has 1 aromatic rings. The molecule has 0 heterocycles. The second-order valence-corrected chi connectivity index (χ2v) is 6.94. The molecule has 3 nitrogen and oxygen atoms in total. The Morgan fingerprint density at radius 2 is 1.88 bits per heavy atom. The highest BCUT2D eigenvalue weighted by atomic mass is 16.5. The first kappa shape index (κ1) is 19.2. The van der Waals surface area contributed by atoms with Crippen molar-refractivity contribution < 1.29 is 9.53 Å². The third-order valence-corrected chi connectivity index (χ3v) is 4.94. The van der Waals surface area contributed by atoms with Crippen molar-refractivity contribution in [3.63, 3.8) is 0 Å². The third kappa shape index (κ3) is 6.74. The number of ether oxygens (including phenoxy) is 1. The average molecular weight is 339 g/mol. The second-order valence-electron chi connectivity index (χ2n) is 6.94. The number of esters is 1. The molecule has 3 heteroatoms. The number of hydrogen-bond acceptors (Lipinski definition) is 3. The molecule has 1 saturated carbocycles. The van der Waals surface area contributed by atoms with E-state index in [1.807, 2.05) is 36.4 Å². The van der Waals surface area contributed by atoms with Gasteiger partial charge in [-0.3, -0.25) is 0 Å². The molecule has 134 valence electrons. The van der Waals surface area contributed by atoms with Crippen molar-refractivity contribution in [2.45, 2.75) is 70.8 Å². The molecule has 1 aliphatic carbocycles. The maximum absolute atomic E-state index is 12.3. The first-order valence-corrected chi connectivity index (χ1v) is 9.59. The SMILES string of the molecule is CCCCCCc1ccc(C(=O)OC2CCC(/C=C/C#N)CC2)cc1. The third-order valence-electron chi connectivity index (χ3n) is 4.94. The molecule has 0 saturated heterocycles. The Morgan fingerprint density at radius 3 is 2.52 bits per heavy atom. The Labute approximate surface area is 151 Å². The van der Waals surface area contributed by atoms with Gasteiger partial charge in [0.1, 0.15) is 6.10 Å². The minimum Gasteiger partial charge on any atom is -0.459 e. The summed E-state index contributed by atoms with van der Waals surface area (Å²) in [5.74, 6) is 0.232. The van der Waals surface area contributed by atoms with Gasteiger partial charge in [-0.15, -0.1) is 0 Å². The number of rotatable bonds is 8. The normalized spacial score (nSPS) is 20.3. The van der Waals surface area contributed by atoms with Crippen LogP contribution in [0.15, 0.2) is 36.4 Å². The molecule has 0 spiro atoms. The summed E-state index contributed by atoms with van der Waals surface area (Å²) in [6.07, 6.45) is 13.3. The quantitative estimate of drug-likeness (QED) is 0.351. The van der Waals surface area contributed by atoms with E-state index in [-0.39, 0.29) is 12.1 Å². The zero-order valence-electron chi connectivity index (χ0n) is 15.2. The molecule has 0 bridgehead atoms. The molecule has 0 radical (unpaired) electrons. The van der Waals surface area contributed by atoms with E-state index in [1.54, 1.807) is 6.08 Å². The molecule has 0 N–H and O–H groups in total. The lowest BCUT2D eigenvalue weighted by Crippen LogP contribution is -2.24. The van der Waals surface area contributed by atoms with Crippen LogP contribution in [-0.2, 0) is 11.2 Å². The van der Waals surface area contributed by atoms with Crippen LogP contribution in [0, 0.1) is 17.2 Å². The molecule has 0 aliphatic heterocycles. The molecule has 1 aliphatic rings. The Morgan fingerprint density at radius 1 is 1.16 bits per heavy atom. The van der Waals surface area contributed by atoms with Gasteiger partial charge in [0.2, 0.25) is 0 Å². The number of carbonyl (C=O) groups is 1. The fraction of sp³-hybridized carbons (Fsp3) is 0.545. The van der Waals surface area contributed by atoms with Crippen molar-refractivity contribution in [2.24, 2.45) is 5.92 Å². The number of allylic oxidation sites excluding steroid dienone is 2. The zero-order chi connectivity index (χ0) is 17.9. The standard InChI is InChI=1S/C22H29NO2/c1-2-3-4-5-7-18-9-13-20(14-10-18)22(24)25-21-15-11-19(12-16-21)8-6-17-23/h6,8-10,13-14,19,21H,2-5,7,11-12,15-16H2,1H3/b8-6+. The van der Waals surface area contributed by atoms with E-state index in [0.717, 1.165) is 32.1 Å². The summed E-state index contributed by atoms with van der Waals surface area (Å²) < 4.78 is 5.66. The highest BCUT2D eigenvalue weighted by Gasteiger charge is 2.23. The van der Waals surface area contributed by atoms with Crippen molar-refractivity contribution in [3.05, 3.63) is 47.5 Å². The van der Waals surface area contributed by atoms with Crippen molar-refractivity contribution in [1.82, 2.24) is 0 Å². The number of nitriles is 1. The lowest BCUT2D eigenvalue weighted by atomic mass is 9.87. The highest BCUT2D eigenvalue weighted by Crippen LogP contribution is 2.27. The van der Waals surface area contributed by atoms with E-state index in [0.29, 0.717) is 11.5 Å². The van der Waals surface area contributed by atoms with Crippen LogP contribution < -0.4 is 0 Å². The minimum atomic E-state index is -0.214.